The first-order valence-electron chi connectivity index (χ1n) is 10.4. The summed E-state index contributed by atoms with van der Waals surface area (Å²) in [6, 6.07) is 21.2. The van der Waals surface area contributed by atoms with Gasteiger partial charge in [-0.05, 0) is 77.2 Å². The van der Waals surface area contributed by atoms with Crippen molar-refractivity contribution in [3.63, 3.8) is 0 Å². The predicted octanol–water partition coefficient (Wildman–Crippen LogP) is 6.65. The Morgan fingerprint density at radius 3 is 2.27 bits per heavy atom. The van der Waals surface area contributed by atoms with E-state index in [0.29, 0.717) is 16.9 Å². The molecule has 4 rings (SSSR count). The Bertz CT molecular complexity index is 1360. The number of sulfone groups is 1. The summed E-state index contributed by atoms with van der Waals surface area (Å²) in [6.45, 7) is 3.93. The van der Waals surface area contributed by atoms with Crippen LogP contribution in [-0.4, -0.2) is 14.4 Å². The van der Waals surface area contributed by atoms with Gasteiger partial charge < -0.3 is 10.6 Å². The molecule has 0 fully saturated rings. The van der Waals surface area contributed by atoms with Crippen LogP contribution in [0, 0.1) is 13.8 Å². The first-order chi connectivity index (χ1) is 15.8. The number of benzene rings is 3. The molecule has 5 nitrogen and oxygen atoms in total. The van der Waals surface area contributed by atoms with Crippen LogP contribution >= 0.6 is 11.3 Å². The highest BCUT2D eigenvalue weighted by Crippen LogP contribution is 2.33. The van der Waals surface area contributed by atoms with E-state index in [2.05, 4.69) is 10.6 Å². The molecule has 0 bridgehead atoms. The molecule has 0 atom stereocenters. The average molecular weight is 477 g/mol. The fourth-order valence-electron chi connectivity index (χ4n) is 3.70. The van der Waals surface area contributed by atoms with Gasteiger partial charge in [0.1, 0.15) is 0 Å². The number of urea groups is 1. The van der Waals surface area contributed by atoms with Crippen molar-refractivity contribution >= 4 is 38.6 Å². The zero-order valence-electron chi connectivity index (χ0n) is 18.3. The van der Waals surface area contributed by atoms with Gasteiger partial charge in [-0.3, -0.25) is 0 Å². The first-order valence-corrected chi connectivity index (χ1v) is 13.0. The van der Waals surface area contributed by atoms with Gasteiger partial charge in [0.05, 0.1) is 16.3 Å². The maximum absolute atomic E-state index is 13.1. The van der Waals surface area contributed by atoms with Crippen LogP contribution in [0.2, 0.25) is 0 Å². The molecule has 0 unspecified atom stereocenters. The predicted molar refractivity (Wildman–Crippen MR) is 136 cm³/mol. The van der Waals surface area contributed by atoms with Gasteiger partial charge in [0.25, 0.3) is 0 Å². The lowest BCUT2D eigenvalue weighted by Gasteiger charge is -2.14. The number of carbonyl (C=O) groups excluding carboxylic acids is 1. The maximum atomic E-state index is 13.1. The number of aryl methyl sites for hydroxylation is 2. The van der Waals surface area contributed by atoms with E-state index in [1.165, 1.54) is 17.4 Å². The average Bonchev–Trinajstić information content (AvgIpc) is 3.28. The molecule has 33 heavy (non-hydrogen) atoms. The van der Waals surface area contributed by atoms with Gasteiger partial charge in [-0.2, -0.15) is 11.3 Å². The van der Waals surface area contributed by atoms with Crippen molar-refractivity contribution < 1.29 is 13.2 Å². The highest BCUT2D eigenvalue weighted by atomic mass is 32.2. The molecule has 1 aromatic heterocycles. The third-order valence-electron chi connectivity index (χ3n) is 5.11. The number of hydrogen-bond acceptors (Lipinski definition) is 4. The Morgan fingerprint density at radius 2 is 1.61 bits per heavy atom. The van der Waals surface area contributed by atoms with Crippen molar-refractivity contribution in [2.24, 2.45) is 0 Å². The topological polar surface area (TPSA) is 75.3 Å². The summed E-state index contributed by atoms with van der Waals surface area (Å²) in [5, 5.41) is 9.60. The second-order valence-corrected chi connectivity index (χ2v) is 10.7. The molecule has 2 N–H and O–H groups in total. The molecule has 4 aromatic rings. The van der Waals surface area contributed by atoms with E-state index in [4.69, 9.17) is 0 Å². The van der Waals surface area contributed by atoms with Gasteiger partial charge >= 0.3 is 6.03 Å². The van der Waals surface area contributed by atoms with Gasteiger partial charge in [-0.15, -0.1) is 0 Å². The number of amides is 2. The Kier molecular flexibility index (Phi) is 6.62. The number of thiophene rings is 1. The second-order valence-electron chi connectivity index (χ2n) is 7.92. The van der Waals surface area contributed by atoms with Gasteiger partial charge in [0.15, 0.2) is 9.84 Å². The molecule has 0 saturated carbocycles. The summed E-state index contributed by atoms with van der Waals surface area (Å²) in [5.41, 5.74) is 5.57. The van der Waals surface area contributed by atoms with Crippen LogP contribution in [0.3, 0.4) is 0 Å². The summed E-state index contributed by atoms with van der Waals surface area (Å²) in [7, 11) is -3.60. The van der Waals surface area contributed by atoms with Crippen LogP contribution in [0.4, 0.5) is 16.2 Å². The summed E-state index contributed by atoms with van der Waals surface area (Å²) >= 11 is 1.53. The molecule has 168 valence electrons. The minimum absolute atomic E-state index is 0.111. The maximum Gasteiger partial charge on any atom is 0.323 e. The Hall–Kier alpha value is -3.42. The number of nitrogens with one attached hydrogen (secondary N) is 2. The van der Waals surface area contributed by atoms with Crippen molar-refractivity contribution in [2.75, 3.05) is 10.6 Å². The molecule has 7 heteroatoms. The first kappa shape index (κ1) is 22.8. The minimum atomic E-state index is -3.60. The normalized spacial score (nSPS) is 11.2. The third kappa shape index (κ3) is 5.69. The number of rotatable bonds is 6. The van der Waals surface area contributed by atoms with Crippen molar-refractivity contribution in [3.8, 4) is 11.1 Å². The highest BCUT2D eigenvalue weighted by Gasteiger charge is 2.19. The van der Waals surface area contributed by atoms with Gasteiger partial charge in [-0.1, -0.05) is 42.5 Å². The van der Waals surface area contributed by atoms with E-state index in [0.717, 1.165) is 22.3 Å². The molecule has 0 aliphatic rings. The number of hydrogen-bond donors (Lipinski definition) is 2. The molecule has 0 aliphatic heterocycles. The monoisotopic (exact) mass is 476 g/mol. The minimum Gasteiger partial charge on any atom is -0.308 e. The largest absolute Gasteiger partial charge is 0.323 e. The molecular formula is C26H24N2O3S2. The number of carbonyl (C=O) groups is 1. The Labute approximate surface area is 198 Å². The fraction of sp³-hybridized carbons (Fsp3) is 0.115. The van der Waals surface area contributed by atoms with E-state index in [1.807, 2.05) is 67.1 Å². The lowest BCUT2D eigenvalue weighted by molar-refractivity contribution is 0.262. The van der Waals surface area contributed by atoms with E-state index in [9.17, 15) is 13.2 Å². The van der Waals surface area contributed by atoms with Crippen molar-refractivity contribution in [1.82, 2.24) is 0 Å². The SMILES string of the molecule is Cc1cc(C)cc(NC(=O)Nc2cc(S(=O)(=O)Cc3ccccc3)ccc2-c2ccsc2)c1. The molecule has 0 radical (unpaired) electrons. The van der Waals surface area contributed by atoms with Gasteiger partial charge in [0, 0.05) is 11.3 Å². The van der Waals surface area contributed by atoms with Crippen LogP contribution < -0.4 is 10.6 Å². The van der Waals surface area contributed by atoms with Crippen LogP contribution in [0.5, 0.6) is 0 Å². The van der Waals surface area contributed by atoms with Crippen LogP contribution in [0.25, 0.3) is 11.1 Å². The third-order valence-corrected chi connectivity index (χ3v) is 7.48. The zero-order chi connectivity index (χ0) is 23.4. The lowest BCUT2D eigenvalue weighted by Crippen LogP contribution is -2.20. The van der Waals surface area contributed by atoms with Crippen LogP contribution in [0.15, 0.2) is 88.5 Å². The van der Waals surface area contributed by atoms with Crippen LogP contribution in [-0.2, 0) is 15.6 Å². The molecule has 3 aromatic carbocycles. The fourth-order valence-corrected chi connectivity index (χ4v) is 5.72. The molecule has 0 spiro atoms. The molecule has 1 heterocycles. The second kappa shape index (κ2) is 9.60. The van der Waals surface area contributed by atoms with E-state index >= 15 is 0 Å². The van der Waals surface area contributed by atoms with Gasteiger partial charge in [-0.25, -0.2) is 13.2 Å². The van der Waals surface area contributed by atoms with Crippen molar-refractivity contribution in [3.05, 3.63) is 100 Å². The van der Waals surface area contributed by atoms with Gasteiger partial charge in [0.2, 0.25) is 0 Å². The Morgan fingerprint density at radius 1 is 0.879 bits per heavy atom. The number of anilines is 2. The van der Waals surface area contributed by atoms with E-state index in [1.54, 1.807) is 24.3 Å². The van der Waals surface area contributed by atoms with Crippen LogP contribution in [0.1, 0.15) is 16.7 Å². The van der Waals surface area contributed by atoms with E-state index < -0.39 is 15.9 Å². The summed E-state index contributed by atoms with van der Waals surface area (Å²) in [5.74, 6) is -0.111. The summed E-state index contributed by atoms with van der Waals surface area (Å²) in [4.78, 5) is 13.0. The molecular weight excluding hydrogens is 452 g/mol. The standard InChI is InChI=1S/C26H24N2O3S2/c1-18-12-19(2)14-22(13-18)27-26(29)28-25-15-23(8-9-24(25)21-10-11-32-16-21)33(30,31)17-20-6-4-3-5-7-20/h3-16H,17H2,1-2H3,(H2,27,28,29). The molecule has 0 aliphatic carbocycles. The molecule has 0 saturated heterocycles. The highest BCUT2D eigenvalue weighted by molar-refractivity contribution is 7.90. The summed E-state index contributed by atoms with van der Waals surface area (Å²) in [6.07, 6.45) is 0. The molecule has 2 amide bonds. The van der Waals surface area contributed by atoms with E-state index in [-0.39, 0.29) is 10.6 Å². The van der Waals surface area contributed by atoms with Crippen molar-refractivity contribution in [1.29, 1.82) is 0 Å². The quantitative estimate of drug-likeness (QED) is 0.327. The van der Waals surface area contributed by atoms with Crippen molar-refractivity contribution in [2.45, 2.75) is 24.5 Å². The lowest BCUT2D eigenvalue weighted by atomic mass is 10.1. The zero-order valence-corrected chi connectivity index (χ0v) is 20.0. The Balaban J connectivity index is 1.65. The smallest absolute Gasteiger partial charge is 0.308 e. The summed E-state index contributed by atoms with van der Waals surface area (Å²) < 4.78 is 26.2.